The lowest BCUT2D eigenvalue weighted by Gasteiger charge is -2.31. The molecule has 3 heterocycles. The quantitative estimate of drug-likeness (QED) is 0.499. The van der Waals surface area contributed by atoms with E-state index in [1.54, 1.807) is 7.11 Å². The molecule has 2 aliphatic heterocycles. The minimum absolute atomic E-state index is 0.229. The molecular weight excluding hydrogens is 354 g/mol. The van der Waals surface area contributed by atoms with E-state index in [2.05, 4.69) is 38.7 Å². The monoisotopic (exact) mass is 383 g/mol. The van der Waals surface area contributed by atoms with Crippen LogP contribution in [0.5, 0.6) is 0 Å². The Morgan fingerprint density at radius 2 is 2.11 bits per heavy atom. The molecular formula is C21H29N5O2. The highest BCUT2D eigenvalue weighted by molar-refractivity contribution is 6.04. The van der Waals surface area contributed by atoms with Crippen molar-refractivity contribution in [3.8, 4) is 0 Å². The zero-order chi connectivity index (χ0) is 20.1. The van der Waals surface area contributed by atoms with E-state index in [9.17, 15) is 0 Å². The molecule has 7 heteroatoms. The number of rotatable bonds is 7. The maximum atomic E-state index is 5.43. The molecule has 7 nitrogen and oxygen atoms in total. The third-order valence-electron chi connectivity index (χ3n) is 4.86. The maximum absolute atomic E-state index is 5.43. The normalized spacial score (nSPS) is 20.0. The molecule has 1 unspecified atom stereocenters. The number of H-pyrrole nitrogens is 1. The van der Waals surface area contributed by atoms with Crippen LogP contribution in [-0.2, 0) is 9.47 Å². The number of aromatic nitrogens is 1. The van der Waals surface area contributed by atoms with Gasteiger partial charge in [0.15, 0.2) is 6.29 Å². The molecule has 0 aliphatic carbocycles. The van der Waals surface area contributed by atoms with Crippen LogP contribution in [0.4, 0.5) is 5.82 Å². The van der Waals surface area contributed by atoms with Gasteiger partial charge in [-0.05, 0) is 32.1 Å². The molecule has 1 atom stereocenters. The van der Waals surface area contributed by atoms with Crippen molar-refractivity contribution in [1.29, 1.82) is 0 Å². The third-order valence-corrected chi connectivity index (χ3v) is 4.86. The Labute approximate surface area is 166 Å². The largest absolute Gasteiger partial charge is 0.497 e. The number of nitrogens with zero attached hydrogens (tertiary/aromatic N) is 2. The van der Waals surface area contributed by atoms with Crippen molar-refractivity contribution in [2.45, 2.75) is 20.1 Å². The zero-order valence-electron chi connectivity index (χ0n) is 16.8. The number of morpholine rings is 1. The molecule has 3 N–H and O–H groups in total. The van der Waals surface area contributed by atoms with Gasteiger partial charge in [-0.25, -0.2) is 4.99 Å². The van der Waals surface area contributed by atoms with Crippen molar-refractivity contribution in [2.24, 2.45) is 4.99 Å². The average molecular weight is 383 g/mol. The van der Waals surface area contributed by atoms with E-state index in [1.807, 2.05) is 38.3 Å². The second-order valence-corrected chi connectivity index (χ2v) is 6.78. The van der Waals surface area contributed by atoms with Gasteiger partial charge in [-0.1, -0.05) is 13.2 Å². The summed E-state index contributed by atoms with van der Waals surface area (Å²) in [6.07, 6.45) is 5.64. The Bertz CT molecular complexity index is 828. The number of methoxy groups -OCH3 is 1. The van der Waals surface area contributed by atoms with Crippen molar-refractivity contribution in [2.75, 3.05) is 38.7 Å². The zero-order valence-corrected chi connectivity index (χ0v) is 16.8. The molecule has 1 saturated heterocycles. The molecule has 0 radical (unpaired) electrons. The Hall–Kier alpha value is -2.93. The van der Waals surface area contributed by atoms with Gasteiger partial charge in [0, 0.05) is 47.5 Å². The number of aromatic amines is 1. The lowest BCUT2D eigenvalue weighted by molar-refractivity contribution is 0.0547. The van der Waals surface area contributed by atoms with Gasteiger partial charge < -0.3 is 30.0 Å². The van der Waals surface area contributed by atoms with Crippen molar-refractivity contribution >= 4 is 11.5 Å². The number of fused-ring (bicyclic) bond motifs is 1. The molecule has 0 spiro atoms. The molecule has 0 aromatic carbocycles. The second-order valence-electron chi connectivity index (χ2n) is 6.78. The lowest BCUT2D eigenvalue weighted by Crippen LogP contribution is -2.37. The summed E-state index contributed by atoms with van der Waals surface area (Å²) in [6, 6.07) is 2.02. The molecule has 0 saturated carbocycles. The highest BCUT2D eigenvalue weighted by atomic mass is 16.5. The molecule has 0 bridgehead atoms. The topological polar surface area (TPSA) is 73.9 Å². The molecule has 150 valence electrons. The number of allylic oxidation sites excluding steroid dienone is 3. The second kappa shape index (κ2) is 8.84. The number of nitrogens with one attached hydrogen (secondary N) is 3. The Morgan fingerprint density at radius 1 is 1.36 bits per heavy atom. The van der Waals surface area contributed by atoms with Crippen LogP contribution in [0.15, 0.2) is 65.3 Å². The molecule has 3 rings (SSSR count). The van der Waals surface area contributed by atoms with Crippen molar-refractivity contribution in [1.82, 2.24) is 15.2 Å². The first-order valence-electron chi connectivity index (χ1n) is 9.38. The molecule has 1 aromatic heterocycles. The predicted molar refractivity (Wildman–Crippen MR) is 113 cm³/mol. The Kier molecular flexibility index (Phi) is 6.26. The van der Waals surface area contributed by atoms with Crippen LogP contribution >= 0.6 is 0 Å². The molecule has 0 amide bonds. The predicted octanol–water partition coefficient (Wildman–Crippen LogP) is 2.96. The number of anilines is 1. The van der Waals surface area contributed by atoms with Crippen molar-refractivity contribution < 1.29 is 9.47 Å². The van der Waals surface area contributed by atoms with E-state index in [0.29, 0.717) is 19.0 Å². The van der Waals surface area contributed by atoms with Crippen molar-refractivity contribution in [3.05, 3.63) is 65.9 Å². The minimum atomic E-state index is -0.229. The van der Waals surface area contributed by atoms with Crippen LogP contribution in [-0.4, -0.2) is 55.3 Å². The third kappa shape index (κ3) is 4.48. The smallest absolute Gasteiger partial charge is 0.195 e. The van der Waals surface area contributed by atoms with Gasteiger partial charge in [0.1, 0.15) is 11.6 Å². The maximum Gasteiger partial charge on any atom is 0.195 e. The fraction of sp³-hybridized carbons (Fsp3) is 0.381. The Balaban J connectivity index is 1.71. The van der Waals surface area contributed by atoms with Crippen LogP contribution < -0.4 is 10.6 Å². The van der Waals surface area contributed by atoms with E-state index >= 15 is 0 Å². The molecule has 28 heavy (non-hydrogen) atoms. The van der Waals surface area contributed by atoms with E-state index in [-0.39, 0.29) is 6.29 Å². The summed E-state index contributed by atoms with van der Waals surface area (Å²) >= 11 is 0. The first kappa shape index (κ1) is 19.8. The van der Waals surface area contributed by atoms with Gasteiger partial charge in [-0.2, -0.15) is 0 Å². The molecule has 2 aliphatic rings. The van der Waals surface area contributed by atoms with E-state index in [0.717, 1.165) is 47.1 Å². The van der Waals surface area contributed by atoms with Gasteiger partial charge in [0.2, 0.25) is 0 Å². The first-order chi connectivity index (χ1) is 13.5. The minimum Gasteiger partial charge on any atom is -0.497 e. The number of hydrogen-bond acceptors (Lipinski definition) is 6. The molecule has 1 fully saturated rings. The van der Waals surface area contributed by atoms with Gasteiger partial charge in [-0.15, -0.1) is 0 Å². The summed E-state index contributed by atoms with van der Waals surface area (Å²) in [4.78, 5) is 10.0. The SMILES string of the molecule is C=C(OC)/C(=C\C=C(/C)NC1N=C(C)c2cc[nH]c2N1)C(=C)N1CCOCC1. The van der Waals surface area contributed by atoms with Gasteiger partial charge in [0.05, 0.1) is 20.3 Å². The van der Waals surface area contributed by atoms with Gasteiger partial charge in [0.25, 0.3) is 0 Å². The number of ether oxygens (including phenoxy) is 2. The van der Waals surface area contributed by atoms with Gasteiger partial charge >= 0.3 is 0 Å². The highest BCUT2D eigenvalue weighted by Gasteiger charge is 2.19. The van der Waals surface area contributed by atoms with Crippen LogP contribution in [0.3, 0.4) is 0 Å². The van der Waals surface area contributed by atoms with Gasteiger partial charge in [-0.3, -0.25) is 0 Å². The Morgan fingerprint density at radius 3 is 2.82 bits per heavy atom. The number of aliphatic imine (C=N–C) groups is 1. The molecule has 1 aromatic rings. The lowest BCUT2D eigenvalue weighted by atomic mass is 10.1. The van der Waals surface area contributed by atoms with Crippen LogP contribution in [0.25, 0.3) is 0 Å². The van der Waals surface area contributed by atoms with E-state index in [4.69, 9.17) is 9.47 Å². The van der Waals surface area contributed by atoms with E-state index in [1.165, 1.54) is 0 Å². The fourth-order valence-electron chi connectivity index (χ4n) is 3.23. The first-order valence-corrected chi connectivity index (χ1v) is 9.38. The summed E-state index contributed by atoms with van der Waals surface area (Å²) in [6.45, 7) is 15.3. The summed E-state index contributed by atoms with van der Waals surface area (Å²) in [5.41, 5.74) is 4.80. The summed E-state index contributed by atoms with van der Waals surface area (Å²) in [5, 5.41) is 6.71. The van der Waals surface area contributed by atoms with E-state index < -0.39 is 0 Å². The average Bonchev–Trinajstić information content (AvgIpc) is 3.17. The summed E-state index contributed by atoms with van der Waals surface area (Å²) in [7, 11) is 1.62. The van der Waals surface area contributed by atoms with Crippen LogP contribution in [0.1, 0.15) is 19.4 Å². The standard InChI is InChI=1S/C21H29N5O2/c1-14(23-21-24-15(2)18-8-9-22-20(18)25-21)6-7-19(17(4)27-5)16(3)26-10-12-28-13-11-26/h6-9,21-23,25H,3-4,10-13H2,1-2,5H3/b14-6+,19-7-. The van der Waals surface area contributed by atoms with Crippen LogP contribution in [0, 0.1) is 0 Å². The highest BCUT2D eigenvalue weighted by Crippen LogP contribution is 2.23. The summed E-state index contributed by atoms with van der Waals surface area (Å²) < 4.78 is 10.8. The van der Waals surface area contributed by atoms with Crippen molar-refractivity contribution in [3.63, 3.8) is 0 Å². The number of hydrogen-bond donors (Lipinski definition) is 3. The summed E-state index contributed by atoms with van der Waals surface area (Å²) in [5.74, 6) is 1.56. The fourth-order valence-corrected chi connectivity index (χ4v) is 3.23. The van der Waals surface area contributed by atoms with Crippen LogP contribution in [0.2, 0.25) is 0 Å².